The number of hydrogen-bond donors (Lipinski definition) is 2. The van der Waals surface area contributed by atoms with Crippen molar-refractivity contribution in [3.63, 3.8) is 0 Å². The molecule has 1 heterocycles. The molecule has 1 aromatic heterocycles. The second kappa shape index (κ2) is 4.80. The van der Waals surface area contributed by atoms with E-state index in [4.69, 9.17) is 5.73 Å². The number of halogens is 1. The summed E-state index contributed by atoms with van der Waals surface area (Å²) < 4.78 is 1.07. The molecule has 3 nitrogen and oxygen atoms in total. The minimum Gasteiger partial charge on any atom is -0.328 e. The van der Waals surface area contributed by atoms with Gasteiger partial charge < -0.3 is 5.73 Å². The molecular weight excluding hydrogens is 266 g/mol. The van der Waals surface area contributed by atoms with E-state index in [2.05, 4.69) is 38.3 Å². The molecule has 0 aliphatic rings. The lowest BCUT2D eigenvalue weighted by Gasteiger charge is -2.06. The van der Waals surface area contributed by atoms with E-state index in [1.165, 1.54) is 0 Å². The summed E-state index contributed by atoms with van der Waals surface area (Å²) in [4.78, 5) is 0. The quantitative estimate of drug-likeness (QED) is 0.908. The number of nitrogens with zero attached hydrogens (tertiary/aromatic N) is 1. The van der Waals surface area contributed by atoms with Gasteiger partial charge in [0.05, 0.1) is 6.20 Å². The Morgan fingerprint density at radius 2 is 2.31 bits per heavy atom. The molecule has 0 radical (unpaired) electrons. The second-order valence-corrected chi connectivity index (χ2v) is 4.87. The van der Waals surface area contributed by atoms with Gasteiger partial charge >= 0.3 is 0 Å². The Labute approximate surface area is 103 Å². The van der Waals surface area contributed by atoms with E-state index in [0.29, 0.717) is 0 Å². The van der Waals surface area contributed by atoms with Crippen LogP contribution < -0.4 is 5.73 Å². The van der Waals surface area contributed by atoms with Crippen LogP contribution in [-0.4, -0.2) is 16.2 Å². The molecule has 16 heavy (non-hydrogen) atoms. The molecule has 0 saturated heterocycles. The van der Waals surface area contributed by atoms with E-state index < -0.39 is 0 Å². The number of aromatic amines is 1. The summed E-state index contributed by atoms with van der Waals surface area (Å²) in [5.74, 6) is 0. The van der Waals surface area contributed by atoms with Crippen molar-refractivity contribution in [1.29, 1.82) is 0 Å². The van der Waals surface area contributed by atoms with E-state index in [-0.39, 0.29) is 6.04 Å². The van der Waals surface area contributed by atoms with Crippen molar-refractivity contribution in [2.45, 2.75) is 19.4 Å². The van der Waals surface area contributed by atoms with Crippen LogP contribution >= 0.6 is 15.9 Å². The molecule has 84 valence electrons. The van der Waals surface area contributed by atoms with Crippen LogP contribution in [-0.2, 0) is 6.42 Å². The molecule has 2 rings (SSSR count). The molecular formula is C12H14BrN3. The van der Waals surface area contributed by atoms with Crippen molar-refractivity contribution < 1.29 is 0 Å². The number of nitrogens with one attached hydrogen (secondary N) is 1. The first kappa shape index (κ1) is 11.4. The topological polar surface area (TPSA) is 54.7 Å². The molecule has 0 fully saturated rings. The average molecular weight is 280 g/mol. The average Bonchev–Trinajstić information content (AvgIpc) is 2.65. The molecule has 0 spiro atoms. The predicted octanol–water partition coefficient (Wildman–Crippen LogP) is 2.73. The van der Waals surface area contributed by atoms with Gasteiger partial charge in [-0.25, -0.2) is 0 Å². The van der Waals surface area contributed by atoms with Crippen molar-refractivity contribution in [3.05, 3.63) is 40.6 Å². The maximum atomic E-state index is 5.80. The number of H-pyrrole nitrogens is 1. The standard InChI is InChI=1S/C12H14BrN3/c1-8(14)5-12-11(7-15-16-12)9-3-2-4-10(13)6-9/h2-4,6-8H,5,14H2,1H3,(H,15,16). The summed E-state index contributed by atoms with van der Waals surface area (Å²) in [6.45, 7) is 1.99. The van der Waals surface area contributed by atoms with Gasteiger partial charge in [-0.05, 0) is 24.6 Å². The smallest absolute Gasteiger partial charge is 0.0568 e. The Morgan fingerprint density at radius 3 is 3.00 bits per heavy atom. The van der Waals surface area contributed by atoms with Gasteiger partial charge in [0.15, 0.2) is 0 Å². The fourth-order valence-corrected chi connectivity index (χ4v) is 2.09. The van der Waals surface area contributed by atoms with E-state index in [1.807, 2.05) is 25.3 Å². The summed E-state index contributed by atoms with van der Waals surface area (Å²) in [5, 5.41) is 7.10. The summed E-state index contributed by atoms with van der Waals surface area (Å²) in [5.41, 5.74) is 9.17. The Kier molecular flexibility index (Phi) is 3.41. The van der Waals surface area contributed by atoms with Crippen molar-refractivity contribution in [2.24, 2.45) is 5.73 Å². The first-order valence-corrected chi connectivity index (χ1v) is 6.00. The second-order valence-electron chi connectivity index (χ2n) is 3.95. The van der Waals surface area contributed by atoms with E-state index in [1.54, 1.807) is 0 Å². The van der Waals surface area contributed by atoms with E-state index >= 15 is 0 Å². The van der Waals surface area contributed by atoms with E-state index in [9.17, 15) is 0 Å². The van der Waals surface area contributed by atoms with Crippen molar-refractivity contribution >= 4 is 15.9 Å². The Bertz CT molecular complexity index is 477. The van der Waals surface area contributed by atoms with Crippen LogP contribution in [0.4, 0.5) is 0 Å². The van der Waals surface area contributed by atoms with Crippen molar-refractivity contribution in [3.8, 4) is 11.1 Å². The zero-order valence-electron chi connectivity index (χ0n) is 9.07. The molecule has 2 aromatic rings. The third-order valence-electron chi connectivity index (χ3n) is 2.38. The van der Waals surface area contributed by atoms with Gasteiger partial charge in [-0.2, -0.15) is 5.10 Å². The molecule has 0 saturated carbocycles. The molecule has 0 aliphatic heterocycles. The lowest BCUT2D eigenvalue weighted by Crippen LogP contribution is -2.18. The Balaban J connectivity index is 2.37. The molecule has 3 N–H and O–H groups in total. The largest absolute Gasteiger partial charge is 0.328 e. The number of hydrogen-bond acceptors (Lipinski definition) is 2. The highest BCUT2D eigenvalue weighted by molar-refractivity contribution is 9.10. The monoisotopic (exact) mass is 279 g/mol. The molecule has 0 amide bonds. The minimum atomic E-state index is 0.131. The molecule has 4 heteroatoms. The zero-order chi connectivity index (χ0) is 11.5. The van der Waals surface area contributed by atoms with Gasteiger partial charge in [0.1, 0.15) is 0 Å². The highest BCUT2D eigenvalue weighted by Gasteiger charge is 2.09. The lowest BCUT2D eigenvalue weighted by molar-refractivity contribution is 0.720. The van der Waals surface area contributed by atoms with Crippen molar-refractivity contribution in [1.82, 2.24) is 10.2 Å². The summed E-state index contributed by atoms with van der Waals surface area (Å²) in [7, 11) is 0. The van der Waals surface area contributed by atoms with Gasteiger partial charge in [0.25, 0.3) is 0 Å². The maximum Gasteiger partial charge on any atom is 0.0568 e. The lowest BCUT2D eigenvalue weighted by atomic mass is 10.0. The van der Waals surface area contributed by atoms with Crippen LogP contribution in [0.5, 0.6) is 0 Å². The maximum absolute atomic E-state index is 5.80. The normalized spacial score (nSPS) is 12.7. The summed E-state index contributed by atoms with van der Waals surface area (Å²) in [6.07, 6.45) is 2.65. The fourth-order valence-electron chi connectivity index (χ4n) is 1.70. The van der Waals surface area contributed by atoms with Gasteiger partial charge in [-0.1, -0.05) is 28.1 Å². The van der Waals surface area contributed by atoms with Gasteiger partial charge in [-0.15, -0.1) is 0 Å². The molecule has 1 atom stereocenters. The highest BCUT2D eigenvalue weighted by atomic mass is 79.9. The summed E-state index contributed by atoms with van der Waals surface area (Å²) in [6, 6.07) is 8.30. The highest BCUT2D eigenvalue weighted by Crippen LogP contribution is 2.25. The molecule has 1 unspecified atom stereocenters. The van der Waals surface area contributed by atoms with Gasteiger partial charge in [0, 0.05) is 28.2 Å². The van der Waals surface area contributed by atoms with Gasteiger partial charge in [0.2, 0.25) is 0 Å². The Hall–Kier alpha value is -1.13. The number of benzene rings is 1. The molecule has 1 aromatic carbocycles. The van der Waals surface area contributed by atoms with E-state index in [0.717, 1.165) is 27.7 Å². The number of rotatable bonds is 3. The van der Waals surface area contributed by atoms with Crippen LogP contribution in [0.25, 0.3) is 11.1 Å². The van der Waals surface area contributed by atoms with Crippen LogP contribution in [0.3, 0.4) is 0 Å². The third-order valence-corrected chi connectivity index (χ3v) is 2.87. The number of nitrogens with two attached hydrogens (primary N) is 1. The number of aromatic nitrogens is 2. The summed E-state index contributed by atoms with van der Waals surface area (Å²) >= 11 is 3.47. The molecule has 0 aliphatic carbocycles. The fraction of sp³-hybridized carbons (Fsp3) is 0.250. The first-order valence-electron chi connectivity index (χ1n) is 5.20. The third kappa shape index (κ3) is 2.51. The SMILES string of the molecule is CC(N)Cc1[nH]ncc1-c1cccc(Br)c1. The minimum absolute atomic E-state index is 0.131. The molecule has 0 bridgehead atoms. The predicted molar refractivity (Wildman–Crippen MR) is 69.1 cm³/mol. The van der Waals surface area contributed by atoms with Gasteiger partial charge in [-0.3, -0.25) is 5.10 Å². The zero-order valence-corrected chi connectivity index (χ0v) is 10.7. The first-order chi connectivity index (χ1) is 7.66. The van der Waals surface area contributed by atoms with Crippen LogP contribution in [0.15, 0.2) is 34.9 Å². The van der Waals surface area contributed by atoms with Crippen LogP contribution in [0.1, 0.15) is 12.6 Å². The van der Waals surface area contributed by atoms with Crippen LogP contribution in [0, 0.1) is 0 Å². The van der Waals surface area contributed by atoms with Crippen LogP contribution in [0.2, 0.25) is 0 Å². The van der Waals surface area contributed by atoms with Crippen molar-refractivity contribution in [2.75, 3.05) is 0 Å². The Morgan fingerprint density at radius 1 is 1.50 bits per heavy atom.